The fourth-order valence-corrected chi connectivity index (χ4v) is 1.36. The van der Waals surface area contributed by atoms with Crippen LogP contribution in [-0.2, 0) is 4.79 Å². The summed E-state index contributed by atoms with van der Waals surface area (Å²) < 4.78 is 25.7. The van der Waals surface area contributed by atoms with Crippen LogP contribution in [0.4, 0.5) is 8.78 Å². The first-order valence-corrected chi connectivity index (χ1v) is 5.54. The van der Waals surface area contributed by atoms with Crippen LogP contribution in [0.2, 0.25) is 0 Å². The summed E-state index contributed by atoms with van der Waals surface area (Å²) in [6.07, 6.45) is 0. The lowest BCUT2D eigenvalue weighted by molar-refractivity contribution is -0.109. The average Bonchev–Trinajstić information content (AvgIpc) is 2.28. The molecule has 0 atom stereocenters. The molecule has 5 heteroatoms. The number of hydrogen-bond acceptors (Lipinski definition) is 3. The summed E-state index contributed by atoms with van der Waals surface area (Å²) in [5.74, 6) is 3.26. The molecular weight excluding hydrogens is 244 g/mol. The van der Waals surface area contributed by atoms with Crippen molar-refractivity contribution in [2.45, 2.75) is 6.92 Å². The van der Waals surface area contributed by atoms with Crippen molar-refractivity contribution in [2.75, 3.05) is 5.75 Å². The lowest BCUT2D eigenvalue weighted by atomic mass is 10.1. The molecule has 0 spiro atoms. The fourth-order valence-electron chi connectivity index (χ4n) is 1.01. The smallest absolute Gasteiger partial charge is 0.186 e. The van der Waals surface area contributed by atoms with E-state index in [4.69, 9.17) is 5.26 Å². The van der Waals surface area contributed by atoms with E-state index in [9.17, 15) is 13.6 Å². The van der Waals surface area contributed by atoms with Gasteiger partial charge in [0.05, 0.1) is 11.3 Å². The van der Waals surface area contributed by atoms with Crippen LogP contribution in [0.1, 0.15) is 18.1 Å². The molecule has 0 amide bonds. The summed E-state index contributed by atoms with van der Waals surface area (Å²) >= 11 is 1.01. The van der Waals surface area contributed by atoms with Crippen LogP contribution in [0.25, 0.3) is 0 Å². The Hall–Kier alpha value is -1.85. The third kappa shape index (κ3) is 3.90. The number of benzene rings is 1. The number of hydrogen-bond donors (Lipinski definition) is 0. The normalized spacial score (nSPS) is 9.06. The third-order valence-corrected chi connectivity index (χ3v) is 2.45. The Labute approximate surface area is 102 Å². The highest BCUT2D eigenvalue weighted by molar-refractivity contribution is 8.13. The predicted molar refractivity (Wildman–Crippen MR) is 61.1 cm³/mol. The van der Waals surface area contributed by atoms with E-state index >= 15 is 0 Å². The first-order chi connectivity index (χ1) is 8.04. The maximum Gasteiger partial charge on any atom is 0.186 e. The molecule has 0 aliphatic carbocycles. The van der Waals surface area contributed by atoms with E-state index < -0.39 is 11.6 Å². The van der Waals surface area contributed by atoms with Crippen LogP contribution in [0.3, 0.4) is 0 Å². The summed E-state index contributed by atoms with van der Waals surface area (Å²) in [5.41, 5.74) is 0.0970. The van der Waals surface area contributed by atoms with Crippen molar-refractivity contribution < 1.29 is 13.6 Å². The molecular formula is C12H7F2NOS. The van der Waals surface area contributed by atoms with Gasteiger partial charge in [-0.15, -0.1) is 0 Å². The van der Waals surface area contributed by atoms with Crippen molar-refractivity contribution in [3.63, 3.8) is 0 Å². The molecule has 0 N–H and O–H groups in total. The Morgan fingerprint density at radius 2 is 1.94 bits per heavy atom. The monoisotopic (exact) mass is 251 g/mol. The van der Waals surface area contributed by atoms with Crippen LogP contribution in [0.5, 0.6) is 0 Å². The number of thioether (sulfide) groups is 1. The first kappa shape index (κ1) is 13.2. The van der Waals surface area contributed by atoms with Crippen LogP contribution in [0.15, 0.2) is 12.1 Å². The third-order valence-electron chi connectivity index (χ3n) is 1.75. The van der Waals surface area contributed by atoms with Gasteiger partial charge in [0.2, 0.25) is 0 Å². The Morgan fingerprint density at radius 3 is 2.47 bits per heavy atom. The molecule has 1 aromatic carbocycles. The molecule has 17 heavy (non-hydrogen) atoms. The van der Waals surface area contributed by atoms with Crippen LogP contribution in [-0.4, -0.2) is 10.9 Å². The van der Waals surface area contributed by atoms with E-state index in [1.54, 1.807) is 6.07 Å². The summed E-state index contributed by atoms with van der Waals surface area (Å²) in [7, 11) is 0. The van der Waals surface area contributed by atoms with Gasteiger partial charge >= 0.3 is 0 Å². The van der Waals surface area contributed by atoms with Crippen molar-refractivity contribution in [3.8, 4) is 17.9 Å². The highest BCUT2D eigenvalue weighted by Crippen LogP contribution is 2.13. The van der Waals surface area contributed by atoms with Gasteiger partial charge in [-0.1, -0.05) is 23.6 Å². The SMILES string of the molecule is CC(=O)SCC#Cc1cc(F)c(F)cc1C#N. The highest BCUT2D eigenvalue weighted by Gasteiger charge is 2.07. The molecule has 2 nitrogen and oxygen atoms in total. The average molecular weight is 251 g/mol. The summed E-state index contributed by atoms with van der Waals surface area (Å²) in [5, 5.41) is 8.63. The van der Waals surface area contributed by atoms with Gasteiger partial charge in [0, 0.05) is 12.5 Å². The van der Waals surface area contributed by atoms with Gasteiger partial charge < -0.3 is 0 Å². The minimum atomic E-state index is -1.08. The lowest BCUT2D eigenvalue weighted by Gasteiger charge is -1.97. The van der Waals surface area contributed by atoms with Gasteiger partial charge in [0.15, 0.2) is 16.7 Å². The van der Waals surface area contributed by atoms with E-state index in [-0.39, 0.29) is 22.0 Å². The molecule has 1 aromatic rings. The first-order valence-electron chi connectivity index (χ1n) is 4.56. The molecule has 1 rings (SSSR count). The number of halogens is 2. The maximum atomic E-state index is 12.9. The summed E-state index contributed by atoms with van der Waals surface area (Å²) in [4.78, 5) is 10.6. The zero-order valence-corrected chi connectivity index (χ0v) is 9.70. The van der Waals surface area contributed by atoms with Crippen molar-refractivity contribution in [1.82, 2.24) is 0 Å². The zero-order chi connectivity index (χ0) is 12.8. The van der Waals surface area contributed by atoms with Crippen LogP contribution in [0, 0.1) is 34.8 Å². The second-order valence-electron chi connectivity index (χ2n) is 3.01. The van der Waals surface area contributed by atoms with Crippen molar-refractivity contribution in [3.05, 3.63) is 34.9 Å². The molecule has 0 bridgehead atoms. The minimum Gasteiger partial charge on any atom is -0.288 e. The van der Waals surface area contributed by atoms with Gasteiger partial charge in [-0.25, -0.2) is 8.78 Å². The van der Waals surface area contributed by atoms with Gasteiger partial charge in [-0.05, 0) is 12.1 Å². The van der Waals surface area contributed by atoms with E-state index in [2.05, 4.69) is 11.8 Å². The number of nitrogens with zero attached hydrogens (tertiary/aromatic N) is 1. The molecule has 86 valence electrons. The molecule has 0 saturated heterocycles. The molecule has 0 heterocycles. The Kier molecular flexibility index (Phi) is 4.68. The molecule has 0 unspecified atom stereocenters. The van der Waals surface area contributed by atoms with Gasteiger partial charge in [-0.2, -0.15) is 5.26 Å². The van der Waals surface area contributed by atoms with Crippen molar-refractivity contribution in [1.29, 1.82) is 5.26 Å². The second kappa shape index (κ2) is 6.03. The summed E-state index contributed by atoms with van der Waals surface area (Å²) in [6, 6.07) is 3.41. The summed E-state index contributed by atoms with van der Waals surface area (Å²) in [6.45, 7) is 1.41. The topological polar surface area (TPSA) is 40.9 Å². The standard InChI is InChI=1S/C12H7F2NOS/c1-8(16)17-4-2-3-9-5-11(13)12(14)6-10(9)7-15/h5-6H,4H2,1H3. The quantitative estimate of drug-likeness (QED) is 0.720. The molecule has 0 aromatic heterocycles. The molecule has 0 aliphatic heterocycles. The Morgan fingerprint density at radius 1 is 1.35 bits per heavy atom. The van der Waals surface area contributed by atoms with Crippen LogP contribution < -0.4 is 0 Å². The van der Waals surface area contributed by atoms with E-state index in [0.29, 0.717) is 0 Å². The fraction of sp³-hybridized carbons (Fsp3) is 0.167. The number of carbonyl (C=O) groups is 1. The molecule has 0 radical (unpaired) electrons. The van der Waals surface area contributed by atoms with Gasteiger partial charge in [-0.3, -0.25) is 4.79 Å². The van der Waals surface area contributed by atoms with E-state index in [1.807, 2.05) is 0 Å². The largest absolute Gasteiger partial charge is 0.288 e. The predicted octanol–water partition coefficient (Wildman–Crippen LogP) is 2.47. The maximum absolute atomic E-state index is 12.9. The molecule has 0 aliphatic rings. The number of carbonyl (C=O) groups excluding carboxylic acids is 1. The minimum absolute atomic E-state index is 0.0239. The Balaban J connectivity index is 2.94. The van der Waals surface area contributed by atoms with E-state index in [0.717, 1.165) is 23.9 Å². The van der Waals surface area contributed by atoms with Crippen LogP contribution >= 0.6 is 11.8 Å². The van der Waals surface area contributed by atoms with Gasteiger partial charge in [0.25, 0.3) is 0 Å². The second-order valence-corrected chi connectivity index (χ2v) is 4.16. The molecule has 0 saturated carbocycles. The van der Waals surface area contributed by atoms with E-state index in [1.165, 1.54) is 6.92 Å². The lowest BCUT2D eigenvalue weighted by Crippen LogP contribution is -1.91. The van der Waals surface area contributed by atoms with Crippen molar-refractivity contribution in [2.24, 2.45) is 0 Å². The molecule has 0 fully saturated rings. The van der Waals surface area contributed by atoms with Gasteiger partial charge in [0.1, 0.15) is 6.07 Å². The number of nitriles is 1. The zero-order valence-electron chi connectivity index (χ0n) is 8.88. The Bertz CT molecular complexity index is 552. The number of rotatable bonds is 1. The highest BCUT2D eigenvalue weighted by atomic mass is 32.2. The van der Waals surface area contributed by atoms with Crippen molar-refractivity contribution >= 4 is 16.9 Å².